The zero-order valence-electron chi connectivity index (χ0n) is 13.1. The Labute approximate surface area is 125 Å². The third kappa shape index (κ3) is 6.29. The standard InChI is InChI=1S/C14H25FN2O4/c1-5-20-12(18)8-16-11-6-7-17(9-10(11)15)13(19)21-14(2,3)4/h10-11,16H,5-9H2,1-4H3/t10-,11?/m1/s1. The molecule has 0 radical (unpaired) electrons. The number of esters is 1. The van der Waals surface area contributed by atoms with E-state index in [1.807, 2.05) is 0 Å². The van der Waals surface area contributed by atoms with Crippen molar-refractivity contribution in [2.75, 3.05) is 26.2 Å². The molecule has 1 fully saturated rings. The van der Waals surface area contributed by atoms with Gasteiger partial charge in [-0.1, -0.05) is 0 Å². The van der Waals surface area contributed by atoms with E-state index in [4.69, 9.17) is 9.47 Å². The molecule has 2 atom stereocenters. The van der Waals surface area contributed by atoms with E-state index in [1.165, 1.54) is 4.90 Å². The van der Waals surface area contributed by atoms with Gasteiger partial charge in [-0.25, -0.2) is 9.18 Å². The fraction of sp³-hybridized carbons (Fsp3) is 0.857. The molecular formula is C14H25FN2O4. The molecule has 1 rings (SSSR count). The lowest BCUT2D eigenvalue weighted by molar-refractivity contribution is -0.142. The number of carbonyl (C=O) groups is 2. The number of ether oxygens (including phenoxy) is 2. The Morgan fingerprint density at radius 1 is 1.38 bits per heavy atom. The molecule has 0 saturated carbocycles. The monoisotopic (exact) mass is 304 g/mol. The van der Waals surface area contributed by atoms with E-state index < -0.39 is 29.9 Å². The normalized spacial score (nSPS) is 22.8. The minimum absolute atomic E-state index is 0.0225. The molecular weight excluding hydrogens is 279 g/mol. The number of likely N-dealkylation sites (tertiary alicyclic amines) is 1. The summed E-state index contributed by atoms with van der Waals surface area (Å²) in [6.07, 6.45) is -1.31. The van der Waals surface area contributed by atoms with Crippen LogP contribution in [0.1, 0.15) is 34.1 Å². The lowest BCUT2D eigenvalue weighted by Gasteiger charge is -2.35. The molecule has 0 bridgehead atoms. The topological polar surface area (TPSA) is 67.9 Å². The van der Waals surface area contributed by atoms with Crippen molar-refractivity contribution >= 4 is 12.1 Å². The summed E-state index contributed by atoms with van der Waals surface area (Å²) in [7, 11) is 0. The van der Waals surface area contributed by atoms with E-state index in [0.29, 0.717) is 19.6 Å². The van der Waals surface area contributed by atoms with Crippen LogP contribution in [0.5, 0.6) is 0 Å². The van der Waals surface area contributed by atoms with Crippen molar-refractivity contribution in [3.63, 3.8) is 0 Å². The van der Waals surface area contributed by atoms with Gasteiger partial charge >= 0.3 is 12.1 Å². The fourth-order valence-corrected chi connectivity index (χ4v) is 2.05. The van der Waals surface area contributed by atoms with Crippen molar-refractivity contribution in [1.29, 1.82) is 0 Å². The van der Waals surface area contributed by atoms with Gasteiger partial charge in [-0.3, -0.25) is 4.79 Å². The van der Waals surface area contributed by atoms with Crippen LogP contribution in [0.15, 0.2) is 0 Å². The van der Waals surface area contributed by atoms with Crippen molar-refractivity contribution in [3.8, 4) is 0 Å². The lowest BCUT2D eigenvalue weighted by Crippen LogP contribution is -2.54. The van der Waals surface area contributed by atoms with Crippen LogP contribution in [-0.4, -0.2) is 61.0 Å². The summed E-state index contributed by atoms with van der Waals surface area (Å²) in [5.74, 6) is -0.403. The molecule has 1 unspecified atom stereocenters. The van der Waals surface area contributed by atoms with Gasteiger partial charge < -0.3 is 19.7 Å². The molecule has 0 aromatic rings. The van der Waals surface area contributed by atoms with Crippen molar-refractivity contribution in [2.24, 2.45) is 0 Å². The number of rotatable bonds is 4. The highest BCUT2D eigenvalue weighted by atomic mass is 19.1. The predicted molar refractivity (Wildman–Crippen MR) is 75.7 cm³/mol. The van der Waals surface area contributed by atoms with Gasteiger partial charge in [0.05, 0.1) is 19.7 Å². The molecule has 0 aromatic carbocycles. The molecule has 1 aliphatic heterocycles. The summed E-state index contributed by atoms with van der Waals surface area (Å²) in [6.45, 7) is 7.67. The highest BCUT2D eigenvalue weighted by molar-refractivity contribution is 5.71. The van der Waals surface area contributed by atoms with Gasteiger partial charge in [-0.05, 0) is 34.1 Å². The van der Waals surface area contributed by atoms with Gasteiger partial charge in [0, 0.05) is 12.6 Å². The number of piperidine rings is 1. The lowest BCUT2D eigenvalue weighted by atomic mass is 10.0. The van der Waals surface area contributed by atoms with Crippen LogP contribution >= 0.6 is 0 Å². The van der Waals surface area contributed by atoms with Crippen LogP contribution in [0.4, 0.5) is 9.18 Å². The molecule has 1 saturated heterocycles. The summed E-state index contributed by atoms with van der Waals surface area (Å²) in [5.41, 5.74) is -0.595. The van der Waals surface area contributed by atoms with E-state index in [1.54, 1.807) is 27.7 Å². The molecule has 1 N–H and O–H groups in total. The molecule has 1 heterocycles. The van der Waals surface area contributed by atoms with Crippen LogP contribution in [0.2, 0.25) is 0 Å². The van der Waals surface area contributed by atoms with Crippen molar-refractivity contribution in [1.82, 2.24) is 10.2 Å². The average molecular weight is 304 g/mol. The molecule has 0 spiro atoms. The fourth-order valence-electron chi connectivity index (χ4n) is 2.05. The van der Waals surface area contributed by atoms with Crippen LogP contribution in [-0.2, 0) is 14.3 Å². The summed E-state index contributed by atoms with van der Waals surface area (Å²) in [4.78, 5) is 24.4. The maximum absolute atomic E-state index is 14.1. The number of carbonyl (C=O) groups excluding carboxylic acids is 2. The number of nitrogens with one attached hydrogen (secondary N) is 1. The van der Waals surface area contributed by atoms with E-state index in [-0.39, 0.29) is 13.1 Å². The number of amides is 1. The molecule has 0 aliphatic carbocycles. The smallest absolute Gasteiger partial charge is 0.410 e. The van der Waals surface area contributed by atoms with Crippen molar-refractivity contribution in [2.45, 2.75) is 51.9 Å². The Morgan fingerprint density at radius 2 is 2.05 bits per heavy atom. The maximum Gasteiger partial charge on any atom is 0.410 e. The largest absolute Gasteiger partial charge is 0.465 e. The van der Waals surface area contributed by atoms with Gasteiger partial charge in [0.25, 0.3) is 0 Å². The van der Waals surface area contributed by atoms with E-state index >= 15 is 0 Å². The number of hydrogen-bond donors (Lipinski definition) is 1. The van der Waals surface area contributed by atoms with Crippen molar-refractivity contribution < 1.29 is 23.5 Å². The zero-order chi connectivity index (χ0) is 16.0. The Hall–Kier alpha value is -1.37. The first-order chi connectivity index (χ1) is 9.73. The van der Waals surface area contributed by atoms with Crippen LogP contribution in [0, 0.1) is 0 Å². The van der Waals surface area contributed by atoms with E-state index in [0.717, 1.165) is 0 Å². The highest BCUT2D eigenvalue weighted by Gasteiger charge is 2.33. The summed E-state index contributed by atoms with van der Waals surface area (Å²) in [5, 5.41) is 2.84. The summed E-state index contributed by atoms with van der Waals surface area (Å²) < 4.78 is 24.1. The summed E-state index contributed by atoms with van der Waals surface area (Å²) >= 11 is 0. The molecule has 21 heavy (non-hydrogen) atoms. The Bertz CT molecular complexity index is 370. The minimum Gasteiger partial charge on any atom is -0.465 e. The van der Waals surface area contributed by atoms with Gasteiger partial charge in [0.1, 0.15) is 11.8 Å². The first kappa shape index (κ1) is 17.7. The highest BCUT2D eigenvalue weighted by Crippen LogP contribution is 2.17. The number of hydrogen-bond acceptors (Lipinski definition) is 5. The van der Waals surface area contributed by atoms with Crippen molar-refractivity contribution in [3.05, 3.63) is 0 Å². The Morgan fingerprint density at radius 3 is 2.57 bits per heavy atom. The third-order valence-corrected chi connectivity index (χ3v) is 3.01. The SMILES string of the molecule is CCOC(=O)CNC1CCN(C(=O)OC(C)(C)C)C[C@H]1F. The second-order valence-electron chi connectivity index (χ2n) is 6.02. The molecule has 1 amide bonds. The zero-order valence-corrected chi connectivity index (χ0v) is 13.1. The number of nitrogens with zero attached hydrogens (tertiary/aromatic N) is 1. The molecule has 1 aliphatic rings. The second-order valence-corrected chi connectivity index (χ2v) is 6.02. The maximum atomic E-state index is 14.1. The molecule has 122 valence electrons. The number of alkyl halides is 1. The van der Waals surface area contributed by atoms with Gasteiger partial charge in [-0.15, -0.1) is 0 Å². The molecule has 6 nitrogen and oxygen atoms in total. The third-order valence-electron chi connectivity index (χ3n) is 3.01. The van der Waals surface area contributed by atoms with Crippen LogP contribution in [0.25, 0.3) is 0 Å². The molecule has 0 aromatic heterocycles. The van der Waals surface area contributed by atoms with Gasteiger partial charge in [0.2, 0.25) is 0 Å². The second kappa shape index (κ2) is 7.59. The molecule has 7 heteroatoms. The quantitative estimate of drug-likeness (QED) is 0.797. The Balaban J connectivity index is 2.40. The predicted octanol–water partition coefficient (Wildman–Crippen LogP) is 1.49. The van der Waals surface area contributed by atoms with E-state index in [2.05, 4.69) is 5.32 Å². The van der Waals surface area contributed by atoms with Crippen LogP contribution < -0.4 is 5.32 Å². The van der Waals surface area contributed by atoms with Crippen LogP contribution in [0.3, 0.4) is 0 Å². The first-order valence-electron chi connectivity index (χ1n) is 7.24. The van der Waals surface area contributed by atoms with Gasteiger partial charge in [-0.2, -0.15) is 0 Å². The van der Waals surface area contributed by atoms with E-state index in [9.17, 15) is 14.0 Å². The Kier molecular flexibility index (Phi) is 6.39. The average Bonchev–Trinajstić information content (AvgIpc) is 2.35. The number of halogens is 1. The minimum atomic E-state index is -1.24. The summed E-state index contributed by atoms with van der Waals surface area (Å²) in [6, 6.07) is -0.451. The van der Waals surface area contributed by atoms with Gasteiger partial charge in [0.15, 0.2) is 0 Å². The first-order valence-corrected chi connectivity index (χ1v) is 7.24.